The van der Waals surface area contributed by atoms with Gasteiger partial charge in [-0.25, -0.2) is 10.2 Å². The lowest BCUT2D eigenvalue weighted by atomic mass is 10.2. The summed E-state index contributed by atoms with van der Waals surface area (Å²) in [5.74, 6) is 0.0599. The molecule has 0 fully saturated rings. The highest BCUT2D eigenvalue weighted by atomic mass is 16.5. The molecule has 0 aliphatic rings. The van der Waals surface area contributed by atoms with Crippen LogP contribution in [0, 0.1) is 0 Å². The maximum atomic E-state index is 12.2. The van der Waals surface area contributed by atoms with Crippen LogP contribution in [0.1, 0.15) is 15.9 Å². The maximum Gasteiger partial charge on any atom is 0.341 e. The number of carboxylic acid groups (broad SMARTS) is 1. The zero-order chi connectivity index (χ0) is 20.5. The van der Waals surface area contributed by atoms with E-state index in [0.717, 1.165) is 0 Å². The van der Waals surface area contributed by atoms with E-state index in [2.05, 4.69) is 10.5 Å². The second kappa shape index (κ2) is 9.81. The van der Waals surface area contributed by atoms with Gasteiger partial charge in [0.15, 0.2) is 29.6 Å². The van der Waals surface area contributed by atoms with E-state index >= 15 is 0 Å². The maximum absolute atomic E-state index is 12.2. The number of hydrogen-bond donors (Lipinski definition) is 2. The van der Waals surface area contributed by atoms with Crippen molar-refractivity contribution < 1.29 is 33.6 Å². The number of methoxy groups -OCH3 is 3. The normalized spacial score (nSPS) is 10.4. The summed E-state index contributed by atoms with van der Waals surface area (Å²) in [6.45, 7) is -0.481. The summed E-state index contributed by atoms with van der Waals surface area (Å²) < 4.78 is 20.6. The van der Waals surface area contributed by atoms with Crippen LogP contribution < -0.4 is 24.4 Å². The summed E-state index contributed by atoms with van der Waals surface area (Å²) >= 11 is 0. The molecule has 0 radical (unpaired) electrons. The standard InChI is InChI=1S/C19H20N2O7/c1-25-14-7-5-13(9-17(14)27-3)19(24)21-20-10-12-4-6-15(16(8-12)26-2)28-11-18(22)23/h4-10H,11H2,1-3H3,(H,21,24)(H,22,23)/b20-10+. The highest BCUT2D eigenvalue weighted by Gasteiger charge is 2.10. The van der Waals surface area contributed by atoms with Crippen LogP contribution in [0.15, 0.2) is 41.5 Å². The van der Waals surface area contributed by atoms with Crippen molar-refractivity contribution in [3.05, 3.63) is 47.5 Å². The van der Waals surface area contributed by atoms with Crippen LogP contribution in [0.25, 0.3) is 0 Å². The van der Waals surface area contributed by atoms with Crippen molar-refractivity contribution in [2.45, 2.75) is 0 Å². The molecule has 28 heavy (non-hydrogen) atoms. The van der Waals surface area contributed by atoms with E-state index in [4.69, 9.17) is 24.1 Å². The van der Waals surface area contributed by atoms with Gasteiger partial charge in [-0.1, -0.05) is 0 Å². The van der Waals surface area contributed by atoms with E-state index in [1.807, 2.05) is 0 Å². The van der Waals surface area contributed by atoms with Crippen molar-refractivity contribution in [3.8, 4) is 23.0 Å². The summed E-state index contributed by atoms with van der Waals surface area (Å²) in [6, 6.07) is 9.55. The van der Waals surface area contributed by atoms with E-state index in [-0.39, 0.29) is 5.75 Å². The summed E-state index contributed by atoms with van der Waals surface area (Å²) in [7, 11) is 4.42. The Labute approximate surface area is 161 Å². The van der Waals surface area contributed by atoms with Crippen LogP contribution in [0.4, 0.5) is 0 Å². The molecule has 0 spiro atoms. The quantitative estimate of drug-likeness (QED) is 0.498. The number of rotatable bonds is 9. The van der Waals surface area contributed by atoms with Crippen molar-refractivity contribution in [2.24, 2.45) is 5.10 Å². The number of carbonyl (C=O) groups is 2. The first-order valence-electron chi connectivity index (χ1n) is 8.06. The molecule has 0 heterocycles. The third kappa shape index (κ3) is 5.37. The highest BCUT2D eigenvalue weighted by Crippen LogP contribution is 2.28. The first kappa shape index (κ1) is 20.6. The summed E-state index contributed by atoms with van der Waals surface area (Å²) in [4.78, 5) is 22.8. The average molecular weight is 388 g/mol. The molecule has 0 saturated carbocycles. The fourth-order valence-electron chi connectivity index (χ4n) is 2.23. The van der Waals surface area contributed by atoms with Gasteiger partial charge in [-0.15, -0.1) is 0 Å². The Balaban J connectivity index is 2.05. The van der Waals surface area contributed by atoms with Gasteiger partial charge in [-0.2, -0.15) is 5.10 Å². The lowest BCUT2D eigenvalue weighted by Gasteiger charge is -2.09. The predicted molar refractivity (Wildman–Crippen MR) is 101 cm³/mol. The van der Waals surface area contributed by atoms with Gasteiger partial charge in [0, 0.05) is 5.56 Å². The Bertz CT molecular complexity index is 881. The zero-order valence-corrected chi connectivity index (χ0v) is 15.6. The molecule has 9 heteroatoms. The first-order valence-corrected chi connectivity index (χ1v) is 8.06. The van der Waals surface area contributed by atoms with Gasteiger partial charge >= 0.3 is 5.97 Å². The number of benzene rings is 2. The largest absolute Gasteiger partial charge is 0.493 e. The summed E-state index contributed by atoms with van der Waals surface area (Å²) in [5, 5.41) is 12.6. The smallest absolute Gasteiger partial charge is 0.341 e. The van der Waals surface area contributed by atoms with E-state index < -0.39 is 18.5 Å². The van der Waals surface area contributed by atoms with E-state index in [0.29, 0.717) is 28.4 Å². The van der Waals surface area contributed by atoms with E-state index in [1.54, 1.807) is 36.4 Å². The van der Waals surface area contributed by atoms with Crippen LogP contribution in [0.3, 0.4) is 0 Å². The molecule has 9 nitrogen and oxygen atoms in total. The topological polar surface area (TPSA) is 116 Å². The Kier molecular flexibility index (Phi) is 7.21. The SMILES string of the molecule is COc1ccc(C(=O)N/N=C/c2ccc(OCC(=O)O)c(OC)c2)cc1OC. The van der Waals surface area contributed by atoms with Gasteiger partial charge in [0.1, 0.15) is 0 Å². The first-order chi connectivity index (χ1) is 13.5. The Hall–Kier alpha value is -3.75. The second-order valence-corrected chi connectivity index (χ2v) is 5.36. The summed E-state index contributed by atoms with van der Waals surface area (Å²) in [6.07, 6.45) is 1.42. The van der Waals surface area contributed by atoms with Crippen LogP contribution in [0.2, 0.25) is 0 Å². The van der Waals surface area contributed by atoms with Gasteiger partial charge in [-0.05, 0) is 42.0 Å². The highest BCUT2D eigenvalue weighted by molar-refractivity contribution is 5.95. The predicted octanol–water partition coefficient (Wildman–Crippen LogP) is 1.94. The van der Waals surface area contributed by atoms with Gasteiger partial charge in [0.25, 0.3) is 5.91 Å². The third-order valence-corrected chi connectivity index (χ3v) is 3.56. The van der Waals surface area contributed by atoms with Gasteiger partial charge in [0.05, 0.1) is 27.5 Å². The molecule has 2 aromatic carbocycles. The molecule has 0 aliphatic heterocycles. The second-order valence-electron chi connectivity index (χ2n) is 5.36. The molecule has 2 rings (SSSR count). The molecule has 0 unspecified atom stereocenters. The van der Waals surface area contributed by atoms with E-state index in [9.17, 15) is 9.59 Å². The molecule has 0 atom stereocenters. The number of aliphatic carboxylic acids is 1. The number of hydrazone groups is 1. The number of ether oxygens (including phenoxy) is 4. The molecule has 0 saturated heterocycles. The summed E-state index contributed by atoms with van der Waals surface area (Å²) in [5.41, 5.74) is 3.38. The monoisotopic (exact) mass is 388 g/mol. The molecular weight excluding hydrogens is 368 g/mol. The lowest BCUT2D eigenvalue weighted by molar-refractivity contribution is -0.139. The van der Waals surface area contributed by atoms with Gasteiger partial charge in [-0.3, -0.25) is 4.79 Å². The van der Waals surface area contributed by atoms with Crippen molar-refractivity contribution in [1.29, 1.82) is 0 Å². The Morgan fingerprint density at radius 3 is 2.25 bits per heavy atom. The molecule has 1 amide bonds. The number of amides is 1. The van der Waals surface area contributed by atoms with Crippen LogP contribution in [-0.2, 0) is 4.79 Å². The number of nitrogens with one attached hydrogen (secondary N) is 1. The third-order valence-electron chi connectivity index (χ3n) is 3.56. The van der Waals surface area contributed by atoms with Crippen LogP contribution in [-0.4, -0.2) is 51.1 Å². The number of nitrogens with zero attached hydrogens (tertiary/aromatic N) is 1. The fraction of sp³-hybridized carbons (Fsp3) is 0.211. The molecule has 0 bridgehead atoms. The minimum absolute atomic E-state index is 0.288. The molecule has 0 aromatic heterocycles. The van der Waals surface area contributed by atoms with Gasteiger partial charge < -0.3 is 24.1 Å². The van der Waals surface area contributed by atoms with Gasteiger partial charge in [0.2, 0.25) is 0 Å². The zero-order valence-electron chi connectivity index (χ0n) is 15.6. The number of carbonyl (C=O) groups excluding carboxylic acids is 1. The molecule has 0 aliphatic carbocycles. The molecule has 2 aromatic rings. The lowest BCUT2D eigenvalue weighted by Crippen LogP contribution is -2.17. The number of carboxylic acids is 1. The van der Waals surface area contributed by atoms with E-state index in [1.165, 1.54) is 27.5 Å². The van der Waals surface area contributed by atoms with Crippen molar-refractivity contribution in [1.82, 2.24) is 5.43 Å². The Morgan fingerprint density at radius 1 is 0.964 bits per heavy atom. The van der Waals surface area contributed by atoms with Crippen LogP contribution >= 0.6 is 0 Å². The van der Waals surface area contributed by atoms with Crippen molar-refractivity contribution in [3.63, 3.8) is 0 Å². The number of hydrogen-bond acceptors (Lipinski definition) is 7. The minimum Gasteiger partial charge on any atom is -0.493 e. The average Bonchev–Trinajstić information content (AvgIpc) is 2.71. The molecule has 2 N–H and O–H groups in total. The Morgan fingerprint density at radius 2 is 1.61 bits per heavy atom. The van der Waals surface area contributed by atoms with Crippen molar-refractivity contribution in [2.75, 3.05) is 27.9 Å². The van der Waals surface area contributed by atoms with Crippen molar-refractivity contribution >= 4 is 18.1 Å². The molecular formula is C19H20N2O7. The minimum atomic E-state index is -1.09. The molecule has 148 valence electrons. The fourth-order valence-corrected chi connectivity index (χ4v) is 2.23. The van der Waals surface area contributed by atoms with Crippen LogP contribution in [0.5, 0.6) is 23.0 Å².